The Morgan fingerprint density at radius 2 is 1.58 bits per heavy atom. The summed E-state index contributed by atoms with van der Waals surface area (Å²) >= 11 is 0. The number of hydrogen-bond acceptors (Lipinski definition) is 4. The van der Waals surface area contributed by atoms with Gasteiger partial charge in [-0.1, -0.05) is 54.6 Å². The van der Waals surface area contributed by atoms with Gasteiger partial charge in [-0.2, -0.15) is 0 Å². The second-order valence-corrected chi connectivity index (χ2v) is 5.68. The molecule has 0 spiro atoms. The molecule has 5 heteroatoms. The highest BCUT2D eigenvalue weighted by Gasteiger charge is 2.03. The van der Waals surface area contributed by atoms with E-state index in [1.165, 1.54) is 0 Å². The van der Waals surface area contributed by atoms with E-state index >= 15 is 0 Å². The molecule has 1 amide bonds. The smallest absolute Gasteiger partial charge is 0.407 e. The second kappa shape index (κ2) is 9.32. The summed E-state index contributed by atoms with van der Waals surface area (Å²) in [5.74, 6) is 0.791. The van der Waals surface area contributed by atoms with Crippen LogP contribution in [0.15, 0.2) is 72.8 Å². The zero-order valence-electron chi connectivity index (χ0n) is 14.5. The molecule has 0 saturated carbocycles. The van der Waals surface area contributed by atoms with Crippen molar-refractivity contribution in [2.24, 2.45) is 0 Å². The van der Waals surface area contributed by atoms with Crippen LogP contribution >= 0.6 is 0 Å². The number of hydrogen-bond donors (Lipinski definition) is 2. The van der Waals surface area contributed by atoms with Crippen LogP contribution in [0.3, 0.4) is 0 Å². The lowest BCUT2D eigenvalue weighted by atomic mass is 10.1. The van der Waals surface area contributed by atoms with Gasteiger partial charge in [-0.15, -0.1) is 0 Å². The maximum atomic E-state index is 11.7. The van der Waals surface area contributed by atoms with Gasteiger partial charge in [-0.3, -0.25) is 0 Å². The van der Waals surface area contributed by atoms with E-state index in [0.29, 0.717) is 19.7 Å². The van der Waals surface area contributed by atoms with Gasteiger partial charge in [0.1, 0.15) is 19.0 Å². The SMILES string of the molecule is O=C(NCCNc1ccccc1)OCCOc1cccc2ccccc12. The Morgan fingerprint density at radius 1 is 0.808 bits per heavy atom. The topological polar surface area (TPSA) is 59.6 Å². The Kier molecular flexibility index (Phi) is 6.31. The lowest BCUT2D eigenvalue weighted by Crippen LogP contribution is -2.30. The summed E-state index contributed by atoms with van der Waals surface area (Å²) in [5, 5.41) is 8.08. The number of alkyl carbamates (subject to hydrolysis) is 1. The Balaban J connectivity index is 1.32. The Hall–Kier alpha value is -3.21. The number of amides is 1. The molecule has 0 radical (unpaired) electrons. The molecule has 26 heavy (non-hydrogen) atoms. The minimum Gasteiger partial charge on any atom is -0.489 e. The first-order valence-corrected chi connectivity index (χ1v) is 8.63. The summed E-state index contributed by atoms with van der Waals surface area (Å²) in [6, 6.07) is 23.7. The molecule has 0 fully saturated rings. The molecule has 0 bridgehead atoms. The standard InChI is InChI=1S/C21H22N2O3/c24-21(23-14-13-22-18-9-2-1-3-10-18)26-16-15-25-20-12-6-8-17-7-4-5-11-19(17)20/h1-12,22H,13-16H2,(H,23,24). The summed E-state index contributed by atoms with van der Waals surface area (Å²) < 4.78 is 10.9. The number of para-hydroxylation sites is 1. The number of anilines is 1. The van der Waals surface area contributed by atoms with Gasteiger partial charge in [-0.25, -0.2) is 4.79 Å². The van der Waals surface area contributed by atoms with E-state index < -0.39 is 6.09 Å². The quantitative estimate of drug-likeness (QED) is 0.602. The van der Waals surface area contributed by atoms with Crippen molar-refractivity contribution < 1.29 is 14.3 Å². The molecule has 134 valence electrons. The monoisotopic (exact) mass is 350 g/mol. The van der Waals surface area contributed by atoms with Crippen molar-refractivity contribution in [2.75, 3.05) is 31.6 Å². The van der Waals surface area contributed by atoms with E-state index in [0.717, 1.165) is 22.2 Å². The number of benzene rings is 3. The van der Waals surface area contributed by atoms with Crippen molar-refractivity contribution >= 4 is 22.6 Å². The number of fused-ring (bicyclic) bond motifs is 1. The van der Waals surface area contributed by atoms with Crippen LogP contribution < -0.4 is 15.4 Å². The average Bonchev–Trinajstić information content (AvgIpc) is 2.69. The molecule has 3 aromatic rings. The lowest BCUT2D eigenvalue weighted by molar-refractivity contribution is 0.126. The first-order chi connectivity index (χ1) is 12.8. The van der Waals surface area contributed by atoms with Crippen LogP contribution in [0.5, 0.6) is 5.75 Å². The number of rotatable bonds is 8. The zero-order valence-corrected chi connectivity index (χ0v) is 14.5. The van der Waals surface area contributed by atoms with E-state index in [1.54, 1.807) is 0 Å². The van der Waals surface area contributed by atoms with E-state index in [-0.39, 0.29) is 6.61 Å². The van der Waals surface area contributed by atoms with Gasteiger partial charge in [0, 0.05) is 24.2 Å². The van der Waals surface area contributed by atoms with Crippen LogP contribution in [0.25, 0.3) is 10.8 Å². The Labute approximate surface area is 152 Å². The van der Waals surface area contributed by atoms with Crippen molar-refractivity contribution in [3.8, 4) is 5.75 Å². The maximum absolute atomic E-state index is 11.7. The summed E-state index contributed by atoms with van der Waals surface area (Å²) in [6.45, 7) is 1.62. The van der Waals surface area contributed by atoms with Gasteiger partial charge in [-0.05, 0) is 23.6 Å². The lowest BCUT2D eigenvalue weighted by Gasteiger charge is -2.11. The normalized spacial score (nSPS) is 10.3. The summed E-state index contributed by atoms with van der Waals surface area (Å²) in [4.78, 5) is 11.7. The largest absolute Gasteiger partial charge is 0.489 e. The third-order valence-corrected chi connectivity index (χ3v) is 3.82. The molecule has 3 aromatic carbocycles. The molecule has 0 aliphatic rings. The zero-order chi connectivity index (χ0) is 18.0. The number of carbonyl (C=O) groups excluding carboxylic acids is 1. The van der Waals surface area contributed by atoms with E-state index in [9.17, 15) is 4.79 Å². The highest BCUT2D eigenvalue weighted by molar-refractivity contribution is 5.88. The van der Waals surface area contributed by atoms with Gasteiger partial charge < -0.3 is 20.1 Å². The predicted molar refractivity (Wildman–Crippen MR) is 104 cm³/mol. The van der Waals surface area contributed by atoms with Gasteiger partial charge in [0.15, 0.2) is 0 Å². The fourth-order valence-electron chi connectivity index (χ4n) is 2.59. The van der Waals surface area contributed by atoms with E-state index in [2.05, 4.69) is 10.6 Å². The summed E-state index contributed by atoms with van der Waals surface area (Å²) in [5.41, 5.74) is 1.02. The van der Waals surface area contributed by atoms with Crippen LogP contribution in [0.1, 0.15) is 0 Å². The first-order valence-electron chi connectivity index (χ1n) is 8.63. The average molecular weight is 350 g/mol. The van der Waals surface area contributed by atoms with E-state index in [4.69, 9.17) is 9.47 Å². The summed E-state index contributed by atoms with van der Waals surface area (Å²) in [7, 11) is 0. The highest BCUT2D eigenvalue weighted by atomic mass is 16.6. The molecular weight excluding hydrogens is 328 g/mol. The van der Waals surface area contributed by atoms with Gasteiger partial charge in [0.25, 0.3) is 0 Å². The number of carbonyl (C=O) groups is 1. The van der Waals surface area contributed by atoms with Crippen LogP contribution in [0, 0.1) is 0 Å². The molecule has 0 atom stereocenters. The third-order valence-electron chi connectivity index (χ3n) is 3.82. The van der Waals surface area contributed by atoms with Crippen molar-refractivity contribution in [2.45, 2.75) is 0 Å². The molecule has 0 aliphatic heterocycles. The molecule has 0 unspecified atom stereocenters. The van der Waals surface area contributed by atoms with Crippen molar-refractivity contribution in [3.63, 3.8) is 0 Å². The molecule has 5 nitrogen and oxygen atoms in total. The molecule has 3 rings (SSSR count). The van der Waals surface area contributed by atoms with Crippen LogP contribution in [-0.2, 0) is 4.74 Å². The van der Waals surface area contributed by atoms with Crippen molar-refractivity contribution in [3.05, 3.63) is 72.8 Å². The summed E-state index contributed by atoms with van der Waals surface area (Å²) in [6.07, 6.45) is -0.443. The van der Waals surface area contributed by atoms with Gasteiger partial charge in [0.2, 0.25) is 0 Å². The molecule has 0 aliphatic carbocycles. The Bertz CT molecular complexity index is 832. The second-order valence-electron chi connectivity index (χ2n) is 5.68. The van der Waals surface area contributed by atoms with Crippen molar-refractivity contribution in [1.29, 1.82) is 0 Å². The fraction of sp³-hybridized carbons (Fsp3) is 0.190. The molecule has 2 N–H and O–H groups in total. The van der Waals surface area contributed by atoms with E-state index in [1.807, 2.05) is 72.8 Å². The maximum Gasteiger partial charge on any atom is 0.407 e. The third kappa shape index (κ3) is 5.14. The minimum absolute atomic E-state index is 0.196. The van der Waals surface area contributed by atoms with Gasteiger partial charge in [0.05, 0.1) is 0 Å². The Morgan fingerprint density at radius 3 is 2.46 bits per heavy atom. The van der Waals surface area contributed by atoms with Crippen LogP contribution in [0.2, 0.25) is 0 Å². The molecular formula is C21H22N2O3. The first kappa shape index (κ1) is 17.6. The molecule has 0 aromatic heterocycles. The number of ether oxygens (including phenoxy) is 2. The highest BCUT2D eigenvalue weighted by Crippen LogP contribution is 2.24. The fourth-order valence-corrected chi connectivity index (χ4v) is 2.59. The molecule has 0 heterocycles. The van der Waals surface area contributed by atoms with Crippen LogP contribution in [0.4, 0.5) is 10.5 Å². The van der Waals surface area contributed by atoms with Crippen molar-refractivity contribution in [1.82, 2.24) is 5.32 Å². The predicted octanol–water partition coefficient (Wildman–Crippen LogP) is 4.06. The number of nitrogens with one attached hydrogen (secondary N) is 2. The van der Waals surface area contributed by atoms with Crippen LogP contribution in [-0.4, -0.2) is 32.4 Å². The van der Waals surface area contributed by atoms with Gasteiger partial charge >= 0.3 is 6.09 Å². The minimum atomic E-state index is -0.443. The molecule has 0 saturated heterocycles.